The Kier molecular flexibility index (Phi) is 7.82. The maximum absolute atomic E-state index is 12.8. The molecule has 12 heteroatoms. The average molecular weight is 506 g/mol. The van der Waals surface area contributed by atoms with Crippen molar-refractivity contribution < 1.29 is 23.5 Å². The molecule has 0 aliphatic carbocycles. The van der Waals surface area contributed by atoms with Gasteiger partial charge in [0.25, 0.3) is 5.91 Å². The average Bonchev–Trinajstić information content (AvgIpc) is 3.47. The smallest absolute Gasteiger partial charge is 0.341 e. The van der Waals surface area contributed by atoms with Gasteiger partial charge < -0.3 is 19.4 Å². The molecule has 0 saturated heterocycles. The van der Waals surface area contributed by atoms with Gasteiger partial charge in [-0.1, -0.05) is 11.8 Å². The highest BCUT2D eigenvalue weighted by Gasteiger charge is 2.27. The predicted molar refractivity (Wildman–Crippen MR) is 131 cm³/mol. The van der Waals surface area contributed by atoms with E-state index in [4.69, 9.17) is 9.15 Å². The summed E-state index contributed by atoms with van der Waals surface area (Å²) in [6, 6.07) is 1.88. The Morgan fingerprint density at radius 3 is 2.53 bits per heavy atom. The quantitative estimate of drug-likeness (QED) is 0.360. The van der Waals surface area contributed by atoms with E-state index in [-0.39, 0.29) is 34.2 Å². The first-order valence-electron chi connectivity index (χ1n) is 10.4. The van der Waals surface area contributed by atoms with Crippen LogP contribution in [-0.2, 0) is 9.53 Å². The Morgan fingerprint density at radius 2 is 1.97 bits per heavy atom. The lowest BCUT2D eigenvalue weighted by molar-refractivity contribution is -0.113. The van der Waals surface area contributed by atoms with Gasteiger partial charge in [0.05, 0.1) is 35.1 Å². The van der Waals surface area contributed by atoms with Crippen LogP contribution in [0.4, 0.5) is 5.00 Å². The molecule has 0 radical (unpaired) electrons. The van der Waals surface area contributed by atoms with Crippen molar-refractivity contribution in [2.24, 2.45) is 0 Å². The topological polar surface area (TPSA) is 120 Å². The summed E-state index contributed by atoms with van der Waals surface area (Å²) in [5.41, 5.74) is 1.49. The summed E-state index contributed by atoms with van der Waals surface area (Å²) in [6.45, 7) is 7.53. The number of furan rings is 1. The van der Waals surface area contributed by atoms with Crippen LogP contribution in [0.1, 0.15) is 51.2 Å². The molecule has 3 aromatic rings. The van der Waals surface area contributed by atoms with Crippen LogP contribution in [0.2, 0.25) is 0 Å². The molecule has 0 unspecified atom stereocenters. The number of aromatic nitrogens is 3. The molecule has 2 amide bonds. The van der Waals surface area contributed by atoms with Gasteiger partial charge >= 0.3 is 5.97 Å². The molecule has 0 fully saturated rings. The molecule has 0 bridgehead atoms. The van der Waals surface area contributed by atoms with E-state index in [9.17, 15) is 14.4 Å². The molecule has 0 spiro atoms. The number of methoxy groups -OCH3 is 1. The van der Waals surface area contributed by atoms with E-state index in [2.05, 4.69) is 15.5 Å². The number of aryl methyl sites for hydroxylation is 1. The predicted octanol–water partition coefficient (Wildman–Crippen LogP) is 4.02. The van der Waals surface area contributed by atoms with E-state index in [0.29, 0.717) is 21.4 Å². The molecule has 1 N–H and O–H groups in total. The highest BCUT2D eigenvalue weighted by Crippen LogP contribution is 2.35. The van der Waals surface area contributed by atoms with Crippen LogP contribution in [0.3, 0.4) is 0 Å². The molecule has 0 aliphatic heterocycles. The molecular weight excluding hydrogens is 478 g/mol. The van der Waals surface area contributed by atoms with Crippen molar-refractivity contribution >= 4 is 45.9 Å². The summed E-state index contributed by atoms with van der Waals surface area (Å²) in [5.74, 6) is 0.209. The summed E-state index contributed by atoms with van der Waals surface area (Å²) < 4.78 is 12.2. The number of ether oxygens (including phenoxy) is 1. The Hall–Kier alpha value is -3.12. The minimum absolute atomic E-state index is 0.0315. The van der Waals surface area contributed by atoms with Crippen molar-refractivity contribution in [3.8, 4) is 11.4 Å². The number of carbonyl (C=O) groups excluding carboxylic acids is 3. The van der Waals surface area contributed by atoms with E-state index in [1.54, 1.807) is 27.3 Å². The number of anilines is 1. The van der Waals surface area contributed by atoms with Gasteiger partial charge in [-0.05, 0) is 39.3 Å². The molecule has 3 heterocycles. The Bertz CT molecular complexity index is 1220. The summed E-state index contributed by atoms with van der Waals surface area (Å²) in [6.07, 6.45) is 1.60. The van der Waals surface area contributed by atoms with Crippen LogP contribution in [-0.4, -0.2) is 64.4 Å². The van der Waals surface area contributed by atoms with E-state index in [1.807, 2.05) is 31.4 Å². The number of esters is 1. The fraction of sp³-hybridized carbons (Fsp3) is 0.409. The van der Waals surface area contributed by atoms with Gasteiger partial charge in [0.2, 0.25) is 5.91 Å². The molecule has 0 atom stereocenters. The van der Waals surface area contributed by atoms with Gasteiger partial charge in [0.1, 0.15) is 10.8 Å². The third kappa shape index (κ3) is 5.02. The number of rotatable bonds is 8. The Labute approximate surface area is 205 Å². The zero-order chi connectivity index (χ0) is 25.2. The molecular formula is C22H27N5O5S2. The molecule has 0 aliphatic rings. The summed E-state index contributed by atoms with van der Waals surface area (Å²) in [4.78, 5) is 39.4. The Balaban J connectivity index is 1.82. The minimum Gasteiger partial charge on any atom is -0.469 e. The Morgan fingerprint density at radius 1 is 1.26 bits per heavy atom. The third-order valence-electron chi connectivity index (χ3n) is 5.00. The summed E-state index contributed by atoms with van der Waals surface area (Å²) in [7, 11) is 4.50. The van der Waals surface area contributed by atoms with Gasteiger partial charge in [0.15, 0.2) is 11.0 Å². The lowest BCUT2D eigenvalue weighted by Crippen LogP contribution is -2.21. The highest BCUT2D eigenvalue weighted by molar-refractivity contribution is 7.99. The van der Waals surface area contributed by atoms with E-state index >= 15 is 0 Å². The minimum atomic E-state index is -0.616. The summed E-state index contributed by atoms with van der Waals surface area (Å²) in [5, 5.41) is 12.2. The number of carbonyl (C=O) groups is 3. The third-order valence-corrected chi connectivity index (χ3v) is 7.14. The van der Waals surface area contributed by atoms with Crippen LogP contribution in [0.25, 0.3) is 11.4 Å². The van der Waals surface area contributed by atoms with Crippen LogP contribution >= 0.6 is 23.1 Å². The first-order valence-corrected chi connectivity index (χ1v) is 12.2. The lowest BCUT2D eigenvalue weighted by Gasteiger charge is -2.13. The van der Waals surface area contributed by atoms with Crippen LogP contribution < -0.4 is 5.32 Å². The van der Waals surface area contributed by atoms with Crippen molar-refractivity contribution in [2.75, 3.05) is 32.3 Å². The number of nitrogens with zero attached hydrogens (tertiary/aromatic N) is 4. The van der Waals surface area contributed by atoms with E-state index in [1.165, 1.54) is 23.8 Å². The van der Waals surface area contributed by atoms with Gasteiger partial charge in [0, 0.05) is 20.1 Å². The maximum Gasteiger partial charge on any atom is 0.341 e. The largest absolute Gasteiger partial charge is 0.469 e. The molecule has 10 nitrogen and oxygen atoms in total. The van der Waals surface area contributed by atoms with Crippen LogP contribution in [0, 0.1) is 13.8 Å². The molecule has 0 saturated carbocycles. The molecule has 0 aromatic carbocycles. The van der Waals surface area contributed by atoms with E-state index < -0.39 is 5.97 Å². The number of thioether (sulfide) groups is 1. The van der Waals surface area contributed by atoms with Crippen molar-refractivity contribution in [3.05, 3.63) is 34.1 Å². The second-order valence-electron chi connectivity index (χ2n) is 7.95. The van der Waals surface area contributed by atoms with Crippen LogP contribution in [0.15, 0.2) is 21.9 Å². The van der Waals surface area contributed by atoms with Gasteiger partial charge in [-0.3, -0.25) is 14.2 Å². The first kappa shape index (κ1) is 25.5. The lowest BCUT2D eigenvalue weighted by atomic mass is 10.1. The normalized spacial score (nSPS) is 11.1. The molecule has 3 rings (SSSR count). The number of thiophene rings is 1. The second kappa shape index (κ2) is 10.4. The van der Waals surface area contributed by atoms with Crippen molar-refractivity contribution in [1.29, 1.82) is 0 Å². The second-order valence-corrected chi connectivity index (χ2v) is 9.91. The SMILES string of the molecule is COC(=O)c1c(NC(=O)CSc2nnc(-c3ccoc3C)n2C(C)C)sc(C(=O)N(C)C)c1C. The summed E-state index contributed by atoms with van der Waals surface area (Å²) >= 11 is 2.28. The highest BCUT2D eigenvalue weighted by atomic mass is 32.2. The zero-order valence-corrected chi connectivity index (χ0v) is 21.7. The van der Waals surface area contributed by atoms with Crippen molar-refractivity contribution in [3.63, 3.8) is 0 Å². The molecule has 3 aromatic heterocycles. The number of amides is 2. The first-order chi connectivity index (χ1) is 16.1. The van der Waals surface area contributed by atoms with Crippen molar-refractivity contribution in [2.45, 2.75) is 38.9 Å². The fourth-order valence-corrected chi connectivity index (χ4v) is 5.39. The van der Waals surface area contributed by atoms with Gasteiger partial charge in [-0.25, -0.2) is 4.79 Å². The standard InChI is InChI=1S/C22H27N5O5S2/c1-11(2)27-18(14-8-9-32-13(14)4)24-25-22(27)33-10-15(28)23-19-16(21(30)31-7)12(3)17(34-19)20(29)26(5)6/h8-9,11H,10H2,1-7H3,(H,23,28). The molecule has 182 valence electrons. The van der Waals surface area contributed by atoms with Gasteiger partial charge in [-0.15, -0.1) is 21.5 Å². The number of hydrogen-bond acceptors (Lipinski definition) is 9. The van der Waals surface area contributed by atoms with Gasteiger partial charge in [-0.2, -0.15) is 0 Å². The molecule has 34 heavy (non-hydrogen) atoms. The number of nitrogens with one attached hydrogen (secondary N) is 1. The zero-order valence-electron chi connectivity index (χ0n) is 20.1. The van der Waals surface area contributed by atoms with E-state index in [0.717, 1.165) is 22.7 Å². The van der Waals surface area contributed by atoms with Crippen LogP contribution in [0.5, 0.6) is 0 Å². The van der Waals surface area contributed by atoms with Crippen molar-refractivity contribution in [1.82, 2.24) is 19.7 Å². The maximum atomic E-state index is 12.8. The number of hydrogen-bond donors (Lipinski definition) is 1. The fourth-order valence-electron chi connectivity index (χ4n) is 3.29. The monoisotopic (exact) mass is 505 g/mol.